The maximum absolute atomic E-state index is 11.1. The summed E-state index contributed by atoms with van der Waals surface area (Å²) in [4.78, 5) is 13.0. The molecule has 1 saturated heterocycles. The number of hydrogen-bond acceptors (Lipinski definition) is 1. The number of rotatable bonds is 0. The van der Waals surface area contributed by atoms with Gasteiger partial charge in [0.15, 0.2) is 0 Å². The van der Waals surface area contributed by atoms with Crippen molar-refractivity contribution in [2.45, 2.75) is 25.3 Å². The van der Waals surface area contributed by atoms with Crippen LogP contribution in [0.1, 0.15) is 19.3 Å². The van der Waals surface area contributed by atoms with Crippen molar-refractivity contribution in [3.8, 4) is 0 Å². The van der Waals surface area contributed by atoms with Crippen LogP contribution < -0.4 is 0 Å². The zero-order valence-corrected chi connectivity index (χ0v) is 5.63. The van der Waals surface area contributed by atoms with Crippen LogP contribution in [0.4, 0.5) is 0 Å². The van der Waals surface area contributed by atoms with Gasteiger partial charge in [0.1, 0.15) is 0 Å². The smallest absolute Gasteiger partial charge is 0.225 e. The van der Waals surface area contributed by atoms with Gasteiger partial charge in [0.05, 0.1) is 0 Å². The largest absolute Gasteiger partial charge is 0.343 e. The fraction of sp³-hybridized carbons (Fsp3) is 0.857. The average molecular weight is 125 g/mol. The summed E-state index contributed by atoms with van der Waals surface area (Å²) in [5, 5.41) is 0. The number of likely N-dealkylation sites (tertiary alicyclic amines) is 1. The first-order valence-corrected chi connectivity index (χ1v) is 3.55. The molecule has 0 radical (unpaired) electrons. The van der Waals surface area contributed by atoms with Gasteiger partial charge in [0, 0.05) is 19.0 Å². The van der Waals surface area contributed by atoms with Gasteiger partial charge in [-0.15, -0.1) is 0 Å². The van der Waals surface area contributed by atoms with E-state index in [-0.39, 0.29) is 0 Å². The average Bonchev–Trinajstić information content (AvgIpc) is 2.37. The summed E-state index contributed by atoms with van der Waals surface area (Å²) in [5.74, 6) is 0.784. The molecular formula is C7H11NO. The summed E-state index contributed by atoms with van der Waals surface area (Å²) >= 11 is 0. The molecule has 2 bridgehead atoms. The normalized spacial score (nSPS) is 40.6. The second kappa shape index (κ2) is 1.49. The van der Waals surface area contributed by atoms with E-state index in [4.69, 9.17) is 0 Å². The number of amides is 1. The van der Waals surface area contributed by atoms with Crippen molar-refractivity contribution in [2.24, 2.45) is 5.92 Å². The Morgan fingerprint density at radius 2 is 2.33 bits per heavy atom. The molecule has 2 rings (SSSR count). The molecule has 1 amide bonds. The van der Waals surface area contributed by atoms with E-state index in [1.165, 1.54) is 6.42 Å². The van der Waals surface area contributed by atoms with E-state index in [1.807, 2.05) is 11.9 Å². The third-order valence-electron chi connectivity index (χ3n) is 2.65. The molecule has 0 N–H and O–H groups in total. The van der Waals surface area contributed by atoms with E-state index in [2.05, 4.69) is 0 Å². The maximum Gasteiger partial charge on any atom is 0.225 e. The predicted molar refractivity (Wildman–Crippen MR) is 33.9 cm³/mol. The topological polar surface area (TPSA) is 20.3 Å². The lowest BCUT2D eigenvalue weighted by atomic mass is 10.1. The monoisotopic (exact) mass is 125 g/mol. The van der Waals surface area contributed by atoms with E-state index in [9.17, 15) is 4.79 Å². The van der Waals surface area contributed by atoms with Crippen molar-refractivity contribution in [3.63, 3.8) is 0 Å². The first kappa shape index (κ1) is 5.27. The van der Waals surface area contributed by atoms with Gasteiger partial charge in [-0.05, 0) is 19.3 Å². The lowest BCUT2D eigenvalue weighted by Crippen LogP contribution is -2.32. The summed E-state index contributed by atoms with van der Waals surface area (Å²) in [6.45, 7) is 0. The van der Waals surface area contributed by atoms with Crippen molar-refractivity contribution in [1.82, 2.24) is 4.90 Å². The molecule has 1 aliphatic heterocycles. The Morgan fingerprint density at radius 1 is 1.56 bits per heavy atom. The Labute approximate surface area is 54.8 Å². The molecule has 1 saturated carbocycles. The second-order valence-electron chi connectivity index (χ2n) is 3.11. The fourth-order valence-electron chi connectivity index (χ4n) is 2.00. The number of nitrogens with zero attached hydrogens (tertiary/aromatic N) is 1. The molecule has 2 atom stereocenters. The van der Waals surface area contributed by atoms with Crippen LogP contribution in [0.2, 0.25) is 0 Å². The van der Waals surface area contributed by atoms with Gasteiger partial charge >= 0.3 is 0 Å². The van der Waals surface area contributed by atoms with Gasteiger partial charge in [0.2, 0.25) is 5.91 Å². The van der Waals surface area contributed by atoms with Gasteiger partial charge < -0.3 is 4.90 Å². The quantitative estimate of drug-likeness (QED) is 0.465. The van der Waals surface area contributed by atoms with E-state index < -0.39 is 0 Å². The van der Waals surface area contributed by atoms with Crippen molar-refractivity contribution < 1.29 is 4.79 Å². The van der Waals surface area contributed by atoms with Gasteiger partial charge in [-0.2, -0.15) is 0 Å². The molecular weight excluding hydrogens is 114 g/mol. The molecule has 1 heterocycles. The zero-order valence-electron chi connectivity index (χ0n) is 5.63. The molecule has 0 aromatic heterocycles. The van der Waals surface area contributed by atoms with E-state index in [0.717, 1.165) is 12.8 Å². The minimum Gasteiger partial charge on any atom is -0.343 e. The molecule has 9 heavy (non-hydrogen) atoms. The molecule has 1 aliphatic carbocycles. The Balaban J connectivity index is 2.25. The second-order valence-corrected chi connectivity index (χ2v) is 3.11. The van der Waals surface area contributed by atoms with Crippen LogP contribution in [-0.4, -0.2) is 23.9 Å². The summed E-state index contributed by atoms with van der Waals surface area (Å²) in [5.41, 5.74) is 0. The van der Waals surface area contributed by atoms with E-state index in [0.29, 0.717) is 17.9 Å². The first-order valence-electron chi connectivity index (χ1n) is 3.55. The highest BCUT2D eigenvalue weighted by molar-refractivity contribution is 5.82. The van der Waals surface area contributed by atoms with E-state index in [1.54, 1.807) is 0 Å². The van der Waals surface area contributed by atoms with Crippen LogP contribution >= 0.6 is 0 Å². The van der Waals surface area contributed by atoms with Crippen LogP contribution in [-0.2, 0) is 4.79 Å². The summed E-state index contributed by atoms with van der Waals surface area (Å²) in [6.07, 6.45) is 3.52. The summed E-state index contributed by atoms with van der Waals surface area (Å²) in [6, 6.07) is 0.600. The van der Waals surface area contributed by atoms with Crippen molar-refractivity contribution in [3.05, 3.63) is 0 Å². The maximum atomic E-state index is 11.1. The van der Waals surface area contributed by atoms with Gasteiger partial charge in [-0.3, -0.25) is 4.79 Å². The van der Waals surface area contributed by atoms with Crippen LogP contribution in [0, 0.1) is 5.92 Å². The molecule has 0 aromatic rings. The van der Waals surface area contributed by atoms with Crippen LogP contribution in [0.15, 0.2) is 0 Å². The predicted octanol–water partition coefficient (Wildman–Crippen LogP) is 0.627. The number of hydrogen-bond donors (Lipinski definition) is 0. The zero-order chi connectivity index (χ0) is 6.43. The standard InChI is InChI=1S/C7H11NO/c1-8-6-3-2-5(4-6)7(8)9/h5-6H,2-4H2,1H3/t5-,6-/m0/s1. The molecule has 0 aromatic carbocycles. The van der Waals surface area contributed by atoms with Crippen LogP contribution in [0.3, 0.4) is 0 Å². The van der Waals surface area contributed by atoms with Gasteiger partial charge in [-0.1, -0.05) is 0 Å². The van der Waals surface area contributed by atoms with E-state index >= 15 is 0 Å². The third kappa shape index (κ3) is 0.533. The summed E-state index contributed by atoms with van der Waals surface area (Å²) < 4.78 is 0. The Kier molecular flexibility index (Phi) is 0.875. The number of carbonyl (C=O) groups excluding carboxylic acids is 1. The van der Waals surface area contributed by atoms with Gasteiger partial charge in [0.25, 0.3) is 0 Å². The number of piperidine rings is 1. The van der Waals surface area contributed by atoms with Crippen molar-refractivity contribution in [1.29, 1.82) is 0 Å². The third-order valence-corrected chi connectivity index (χ3v) is 2.65. The highest BCUT2D eigenvalue weighted by atomic mass is 16.2. The van der Waals surface area contributed by atoms with Crippen molar-refractivity contribution >= 4 is 5.91 Å². The highest BCUT2D eigenvalue weighted by Gasteiger charge is 2.42. The Hall–Kier alpha value is -0.530. The highest BCUT2D eigenvalue weighted by Crippen LogP contribution is 2.36. The number of carbonyl (C=O) groups is 1. The minimum absolute atomic E-state index is 0.381. The molecule has 2 nitrogen and oxygen atoms in total. The Bertz CT molecular complexity index is 151. The van der Waals surface area contributed by atoms with Crippen LogP contribution in [0.5, 0.6) is 0 Å². The molecule has 2 aliphatic rings. The number of fused-ring (bicyclic) bond motifs is 2. The molecule has 2 fully saturated rings. The Morgan fingerprint density at radius 3 is 2.67 bits per heavy atom. The first-order chi connectivity index (χ1) is 4.29. The van der Waals surface area contributed by atoms with Gasteiger partial charge in [-0.25, -0.2) is 0 Å². The van der Waals surface area contributed by atoms with Crippen molar-refractivity contribution in [2.75, 3.05) is 7.05 Å². The lowest BCUT2D eigenvalue weighted by Gasteiger charge is -2.21. The van der Waals surface area contributed by atoms with Crippen LogP contribution in [0.25, 0.3) is 0 Å². The fourth-order valence-corrected chi connectivity index (χ4v) is 2.00. The SMILES string of the molecule is CN1C(=O)[C@H]2CC[C@H]1C2. The molecule has 50 valence electrons. The molecule has 0 spiro atoms. The minimum atomic E-state index is 0.381. The summed E-state index contributed by atoms with van der Waals surface area (Å²) in [7, 11) is 1.92. The molecule has 0 unspecified atom stereocenters. The molecule has 2 heteroatoms. The lowest BCUT2D eigenvalue weighted by molar-refractivity contribution is -0.132.